The smallest absolute Gasteiger partial charge is 0.272 e. The summed E-state index contributed by atoms with van der Waals surface area (Å²) in [6, 6.07) is 15.4. The van der Waals surface area contributed by atoms with Crippen LogP contribution in [0.4, 0.5) is 4.39 Å². The fourth-order valence-electron chi connectivity index (χ4n) is 5.72. The zero-order chi connectivity index (χ0) is 30.5. The van der Waals surface area contributed by atoms with Crippen LogP contribution < -0.4 is 10.9 Å². The normalized spacial score (nSPS) is 13.9. The van der Waals surface area contributed by atoms with E-state index in [1.807, 2.05) is 18.2 Å². The van der Waals surface area contributed by atoms with Crippen LogP contribution in [0.5, 0.6) is 0 Å². The number of H-pyrrole nitrogens is 2. The van der Waals surface area contributed by atoms with Gasteiger partial charge in [0.05, 0.1) is 16.6 Å². The van der Waals surface area contributed by atoms with E-state index in [-0.39, 0.29) is 22.9 Å². The summed E-state index contributed by atoms with van der Waals surface area (Å²) >= 11 is 0. The number of fused-ring (bicyclic) bond motifs is 2. The molecule has 0 saturated carbocycles. The Hall–Kier alpha value is -4.90. The Bertz CT molecular complexity index is 1830. The van der Waals surface area contributed by atoms with Gasteiger partial charge in [0, 0.05) is 67.8 Å². The van der Waals surface area contributed by atoms with Gasteiger partial charge in [0.15, 0.2) is 0 Å². The highest BCUT2D eigenvalue weighted by Gasteiger charge is 2.24. The number of pyridine rings is 1. The second-order valence-electron chi connectivity index (χ2n) is 11.1. The van der Waals surface area contributed by atoms with Crippen molar-refractivity contribution in [3.8, 4) is 0 Å². The first-order valence-corrected chi connectivity index (χ1v) is 14.9. The Balaban J connectivity index is 0.947. The monoisotopic (exact) mass is 595 g/mol. The van der Waals surface area contributed by atoms with Crippen LogP contribution in [-0.4, -0.2) is 81.0 Å². The molecule has 3 N–H and O–H groups in total. The molecule has 1 saturated heterocycles. The van der Waals surface area contributed by atoms with E-state index in [9.17, 15) is 18.8 Å². The van der Waals surface area contributed by atoms with Crippen molar-refractivity contribution in [2.75, 3.05) is 39.3 Å². The molecule has 226 valence electrons. The number of nitrogens with one attached hydrogen (secondary N) is 3. The highest BCUT2D eigenvalue weighted by atomic mass is 19.1. The summed E-state index contributed by atoms with van der Waals surface area (Å²) in [6.45, 7) is 4.04. The van der Waals surface area contributed by atoms with Crippen molar-refractivity contribution < 1.29 is 14.0 Å². The lowest BCUT2D eigenvalue weighted by molar-refractivity contribution is 0.0630. The fourth-order valence-corrected chi connectivity index (χ4v) is 5.72. The maximum atomic E-state index is 14.8. The first kappa shape index (κ1) is 29.2. The van der Waals surface area contributed by atoms with Crippen LogP contribution in [0.3, 0.4) is 0 Å². The van der Waals surface area contributed by atoms with Crippen molar-refractivity contribution in [3.05, 3.63) is 106 Å². The van der Waals surface area contributed by atoms with Crippen molar-refractivity contribution in [2.24, 2.45) is 0 Å². The van der Waals surface area contributed by atoms with Crippen molar-refractivity contribution >= 4 is 33.5 Å². The van der Waals surface area contributed by atoms with E-state index in [4.69, 9.17) is 0 Å². The van der Waals surface area contributed by atoms with E-state index in [2.05, 4.69) is 30.4 Å². The summed E-state index contributed by atoms with van der Waals surface area (Å²) in [5.41, 5.74) is 2.62. The van der Waals surface area contributed by atoms with Gasteiger partial charge in [-0.05, 0) is 55.3 Å². The molecular weight excluding hydrogens is 561 g/mol. The SMILES string of the molecule is O=C(NCCCCCN1CCN(C(=O)c2cc(Cc3n[nH]c(=O)c4ccccc34)ccc2F)CC1)c1cc2cnccc2[nH]1. The van der Waals surface area contributed by atoms with Crippen LogP contribution in [0.2, 0.25) is 0 Å². The highest BCUT2D eigenvalue weighted by molar-refractivity contribution is 5.97. The largest absolute Gasteiger partial charge is 0.351 e. The summed E-state index contributed by atoms with van der Waals surface area (Å²) in [5.74, 6) is -0.982. The topological polar surface area (TPSA) is 127 Å². The number of hydrogen-bond donors (Lipinski definition) is 3. The van der Waals surface area contributed by atoms with E-state index < -0.39 is 5.82 Å². The average molecular weight is 596 g/mol. The van der Waals surface area contributed by atoms with Crippen LogP contribution in [0.25, 0.3) is 21.7 Å². The Morgan fingerprint density at radius 2 is 1.77 bits per heavy atom. The number of hydrogen-bond acceptors (Lipinski definition) is 6. The van der Waals surface area contributed by atoms with Gasteiger partial charge in [-0.25, -0.2) is 9.49 Å². The van der Waals surface area contributed by atoms with Crippen LogP contribution in [0, 0.1) is 5.82 Å². The number of halogens is 1. The molecule has 0 spiro atoms. The maximum Gasteiger partial charge on any atom is 0.272 e. The molecule has 0 aliphatic carbocycles. The second-order valence-corrected chi connectivity index (χ2v) is 11.1. The van der Waals surface area contributed by atoms with Gasteiger partial charge in [-0.15, -0.1) is 0 Å². The van der Waals surface area contributed by atoms with Crippen LogP contribution in [-0.2, 0) is 6.42 Å². The van der Waals surface area contributed by atoms with Gasteiger partial charge in [0.2, 0.25) is 0 Å². The molecule has 1 aliphatic rings. The standard InChI is InChI=1S/C33H34FN7O3/c34-27-9-8-22(19-29-24-6-2-3-7-25(24)31(42)39-38-29)18-26(27)33(44)41-16-14-40(15-17-41)13-5-1-4-11-36-32(43)30-20-23-21-35-12-10-28(23)37-30/h2-3,6-10,12,18,20-21,37H,1,4-5,11,13-17,19H2,(H,36,43)(H,39,42). The van der Waals surface area contributed by atoms with Gasteiger partial charge in [-0.3, -0.25) is 24.3 Å². The Morgan fingerprint density at radius 3 is 2.59 bits per heavy atom. The van der Waals surface area contributed by atoms with Gasteiger partial charge in [0.25, 0.3) is 17.4 Å². The van der Waals surface area contributed by atoms with E-state index >= 15 is 0 Å². The lowest BCUT2D eigenvalue weighted by Crippen LogP contribution is -2.49. The minimum atomic E-state index is -0.547. The number of nitrogens with zero attached hydrogens (tertiary/aromatic N) is 4. The first-order valence-electron chi connectivity index (χ1n) is 14.9. The predicted molar refractivity (Wildman–Crippen MR) is 166 cm³/mol. The fraction of sp³-hybridized carbons (Fsp3) is 0.303. The molecule has 0 atom stereocenters. The lowest BCUT2D eigenvalue weighted by atomic mass is 10.0. The molecule has 44 heavy (non-hydrogen) atoms. The summed E-state index contributed by atoms with van der Waals surface area (Å²) in [6.07, 6.45) is 6.63. The Kier molecular flexibility index (Phi) is 8.74. The van der Waals surface area contributed by atoms with Crippen LogP contribution in [0.1, 0.15) is 51.4 Å². The third-order valence-electron chi connectivity index (χ3n) is 8.17. The molecule has 5 aromatic rings. The van der Waals surface area contributed by atoms with Gasteiger partial charge in [0.1, 0.15) is 11.5 Å². The summed E-state index contributed by atoms with van der Waals surface area (Å²) in [4.78, 5) is 49.1. The van der Waals surface area contributed by atoms with Crippen LogP contribution >= 0.6 is 0 Å². The van der Waals surface area contributed by atoms with Crippen molar-refractivity contribution in [1.82, 2.24) is 35.3 Å². The third kappa shape index (κ3) is 6.52. The van der Waals surface area contributed by atoms with Gasteiger partial charge in [-0.1, -0.05) is 30.7 Å². The molecule has 2 amide bonds. The number of carbonyl (C=O) groups excluding carboxylic acids is 2. The van der Waals surface area contributed by atoms with E-state index in [1.54, 1.807) is 47.6 Å². The molecular formula is C33H34FN7O3. The van der Waals surface area contributed by atoms with Crippen molar-refractivity contribution in [1.29, 1.82) is 0 Å². The molecule has 1 aliphatic heterocycles. The van der Waals surface area contributed by atoms with Gasteiger partial charge in [-0.2, -0.15) is 5.10 Å². The zero-order valence-corrected chi connectivity index (χ0v) is 24.3. The minimum absolute atomic E-state index is 0.0517. The summed E-state index contributed by atoms with van der Waals surface area (Å²) in [5, 5.41) is 11.9. The molecule has 10 nitrogen and oxygen atoms in total. The molecule has 1 fully saturated rings. The number of aromatic amines is 2. The number of unbranched alkanes of at least 4 members (excludes halogenated alkanes) is 2. The number of piperazine rings is 1. The molecule has 3 aromatic heterocycles. The zero-order valence-electron chi connectivity index (χ0n) is 24.3. The van der Waals surface area contributed by atoms with E-state index in [0.29, 0.717) is 42.8 Å². The third-order valence-corrected chi connectivity index (χ3v) is 8.17. The van der Waals surface area contributed by atoms with Crippen molar-refractivity contribution in [2.45, 2.75) is 25.7 Å². The second kappa shape index (κ2) is 13.2. The van der Waals surface area contributed by atoms with Crippen LogP contribution in [0.15, 0.2) is 71.8 Å². The Labute approximate surface area is 253 Å². The number of rotatable bonds is 10. The Morgan fingerprint density at radius 1 is 0.955 bits per heavy atom. The van der Waals surface area contributed by atoms with Crippen molar-refractivity contribution in [3.63, 3.8) is 0 Å². The molecule has 0 bridgehead atoms. The summed E-state index contributed by atoms with van der Waals surface area (Å²) in [7, 11) is 0. The molecule has 0 unspecified atom stereocenters. The molecule has 11 heteroatoms. The molecule has 6 rings (SSSR count). The van der Waals surface area contributed by atoms with E-state index in [1.165, 1.54) is 6.07 Å². The number of amides is 2. The lowest BCUT2D eigenvalue weighted by Gasteiger charge is -2.35. The number of benzene rings is 2. The van der Waals surface area contributed by atoms with E-state index in [0.717, 1.165) is 60.7 Å². The molecule has 0 radical (unpaired) electrons. The predicted octanol–water partition coefficient (Wildman–Crippen LogP) is 3.89. The number of aromatic nitrogens is 4. The summed E-state index contributed by atoms with van der Waals surface area (Å²) < 4.78 is 14.8. The average Bonchev–Trinajstić information content (AvgIpc) is 3.50. The molecule has 2 aromatic carbocycles. The number of carbonyl (C=O) groups is 2. The maximum absolute atomic E-state index is 14.8. The van der Waals surface area contributed by atoms with Gasteiger partial charge >= 0.3 is 0 Å². The van der Waals surface area contributed by atoms with Gasteiger partial charge < -0.3 is 15.2 Å². The molecule has 4 heterocycles. The first-order chi connectivity index (χ1) is 21.5. The highest BCUT2D eigenvalue weighted by Crippen LogP contribution is 2.20. The minimum Gasteiger partial charge on any atom is -0.351 e. The quantitative estimate of drug-likeness (QED) is 0.210.